The van der Waals surface area contributed by atoms with Crippen molar-refractivity contribution < 1.29 is 29.0 Å². The van der Waals surface area contributed by atoms with Crippen LogP contribution in [-0.4, -0.2) is 70.8 Å². The van der Waals surface area contributed by atoms with Crippen molar-refractivity contribution in [1.29, 1.82) is 0 Å². The summed E-state index contributed by atoms with van der Waals surface area (Å²) in [6.45, 7) is 6.29. The highest BCUT2D eigenvalue weighted by molar-refractivity contribution is 6.02. The van der Waals surface area contributed by atoms with Crippen LogP contribution in [0.5, 0.6) is 5.75 Å². The van der Waals surface area contributed by atoms with E-state index in [1.807, 2.05) is 20.8 Å². The van der Waals surface area contributed by atoms with E-state index in [1.54, 1.807) is 29.2 Å². The highest BCUT2D eigenvalue weighted by Gasteiger charge is 2.75. The van der Waals surface area contributed by atoms with Gasteiger partial charge in [-0.3, -0.25) is 14.4 Å². The van der Waals surface area contributed by atoms with Crippen LogP contribution in [0.3, 0.4) is 0 Å². The summed E-state index contributed by atoms with van der Waals surface area (Å²) in [6, 6.07) is 5.85. The number of hydrogen-bond donors (Lipinski definition) is 3. The molecule has 3 aliphatic heterocycles. The molecular formula is C30H43N3O6. The SMILES string of the molecule is CCOc1ccc(NC(=O)[C@@H]2[C@H]3C(=O)N([C@@H](CO)CC(C)C)C(C(=O)NC4CCCCC4)C34CC[C@H]2O4)cc1. The number of fused-ring (bicyclic) bond motifs is 1. The molecule has 3 saturated heterocycles. The standard InChI is InChI=1S/C30H43N3O6/c1-4-38-22-12-10-20(11-13-22)31-27(35)24-23-14-15-30(39-23)25(24)29(37)33(21(17-34)16-18(2)3)26(30)28(36)32-19-8-6-5-7-9-19/h10-13,18-19,21,23-26,34H,4-9,14-17H2,1-3H3,(H,31,35)(H,32,36)/t21-,23-,24+,25+,26?,30?/m1/s1. The zero-order chi connectivity index (χ0) is 27.7. The summed E-state index contributed by atoms with van der Waals surface area (Å²) in [7, 11) is 0. The van der Waals surface area contributed by atoms with E-state index in [2.05, 4.69) is 10.6 Å². The maximum atomic E-state index is 14.2. The Hall–Kier alpha value is -2.65. The van der Waals surface area contributed by atoms with Gasteiger partial charge in [0, 0.05) is 11.7 Å². The van der Waals surface area contributed by atoms with E-state index in [1.165, 1.54) is 6.42 Å². The number of carbonyl (C=O) groups excluding carboxylic acids is 3. The van der Waals surface area contributed by atoms with Crippen molar-refractivity contribution in [3.05, 3.63) is 24.3 Å². The molecule has 9 nitrogen and oxygen atoms in total. The predicted octanol–water partition coefficient (Wildman–Crippen LogP) is 3.25. The van der Waals surface area contributed by atoms with Gasteiger partial charge in [-0.05, 0) is 69.2 Å². The molecule has 2 bridgehead atoms. The Kier molecular flexibility index (Phi) is 8.19. The molecule has 1 aliphatic carbocycles. The number of rotatable bonds is 10. The number of aliphatic hydroxyl groups is 1. The Morgan fingerprint density at radius 3 is 2.49 bits per heavy atom. The first-order chi connectivity index (χ1) is 18.8. The lowest BCUT2D eigenvalue weighted by atomic mass is 9.70. The maximum absolute atomic E-state index is 14.2. The van der Waals surface area contributed by atoms with Gasteiger partial charge in [0.15, 0.2) is 0 Å². The Bertz CT molecular complexity index is 1060. The van der Waals surface area contributed by atoms with Gasteiger partial charge in [-0.15, -0.1) is 0 Å². The van der Waals surface area contributed by atoms with Gasteiger partial charge in [-0.2, -0.15) is 0 Å². The third kappa shape index (κ3) is 5.15. The van der Waals surface area contributed by atoms with Crippen molar-refractivity contribution in [2.24, 2.45) is 17.8 Å². The third-order valence-electron chi connectivity index (χ3n) is 9.02. The van der Waals surface area contributed by atoms with E-state index in [9.17, 15) is 19.5 Å². The average molecular weight is 542 g/mol. The second-order valence-corrected chi connectivity index (χ2v) is 12.1. The summed E-state index contributed by atoms with van der Waals surface area (Å²) in [5.41, 5.74) is -0.451. The van der Waals surface area contributed by atoms with Gasteiger partial charge in [0.05, 0.1) is 37.2 Å². The molecule has 5 rings (SSSR count). The summed E-state index contributed by atoms with van der Waals surface area (Å²) in [5.74, 6) is -1.28. The first kappa shape index (κ1) is 27.9. The summed E-state index contributed by atoms with van der Waals surface area (Å²) < 4.78 is 12.0. The average Bonchev–Trinajstić information content (AvgIpc) is 3.56. The molecular weight excluding hydrogens is 498 g/mol. The minimum Gasteiger partial charge on any atom is -0.494 e. The summed E-state index contributed by atoms with van der Waals surface area (Å²) in [6.07, 6.45) is 6.46. The number of hydrogen-bond acceptors (Lipinski definition) is 6. The molecule has 1 saturated carbocycles. The molecule has 0 aromatic heterocycles. The molecule has 2 unspecified atom stereocenters. The summed E-state index contributed by atoms with van der Waals surface area (Å²) >= 11 is 0. The molecule has 3 N–H and O–H groups in total. The number of likely N-dealkylation sites (tertiary alicyclic amines) is 1. The number of benzene rings is 1. The second-order valence-electron chi connectivity index (χ2n) is 12.1. The number of carbonyl (C=O) groups is 3. The minimum absolute atomic E-state index is 0.0775. The fourth-order valence-electron chi connectivity index (χ4n) is 7.46. The lowest BCUT2D eigenvalue weighted by Gasteiger charge is -2.38. The van der Waals surface area contributed by atoms with E-state index in [0.29, 0.717) is 37.3 Å². The molecule has 4 fully saturated rings. The van der Waals surface area contributed by atoms with Gasteiger partial charge in [0.1, 0.15) is 17.4 Å². The molecule has 39 heavy (non-hydrogen) atoms. The number of amides is 3. The monoisotopic (exact) mass is 541 g/mol. The Balaban J connectivity index is 1.43. The highest BCUT2D eigenvalue weighted by Crippen LogP contribution is 2.59. The van der Waals surface area contributed by atoms with E-state index in [-0.39, 0.29) is 36.3 Å². The summed E-state index contributed by atoms with van der Waals surface area (Å²) in [4.78, 5) is 43.4. The molecule has 9 heteroatoms. The van der Waals surface area contributed by atoms with Crippen LogP contribution in [0.2, 0.25) is 0 Å². The van der Waals surface area contributed by atoms with Gasteiger partial charge in [-0.25, -0.2) is 0 Å². The van der Waals surface area contributed by atoms with Crippen LogP contribution in [0.25, 0.3) is 0 Å². The fraction of sp³-hybridized carbons (Fsp3) is 0.700. The van der Waals surface area contributed by atoms with Gasteiger partial charge in [0.25, 0.3) is 0 Å². The molecule has 1 aromatic rings. The van der Waals surface area contributed by atoms with Crippen LogP contribution in [0.4, 0.5) is 5.69 Å². The minimum atomic E-state index is -1.06. The molecule has 1 aromatic carbocycles. The zero-order valence-corrected chi connectivity index (χ0v) is 23.4. The van der Waals surface area contributed by atoms with Crippen molar-refractivity contribution >= 4 is 23.4 Å². The molecule has 3 amide bonds. The lowest BCUT2D eigenvalue weighted by molar-refractivity contribution is -0.146. The van der Waals surface area contributed by atoms with E-state index in [4.69, 9.17) is 9.47 Å². The van der Waals surface area contributed by atoms with Crippen LogP contribution < -0.4 is 15.4 Å². The Labute approximate surface area is 231 Å². The van der Waals surface area contributed by atoms with Gasteiger partial charge in [0.2, 0.25) is 17.7 Å². The fourth-order valence-corrected chi connectivity index (χ4v) is 7.46. The van der Waals surface area contributed by atoms with Gasteiger partial charge in [-0.1, -0.05) is 33.1 Å². The van der Waals surface area contributed by atoms with Crippen LogP contribution in [0, 0.1) is 17.8 Å². The first-order valence-electron chi connectivity index (χ1n) is 14.7. The predicted molar refractivity (Wildman–Crippen MR) is 146 cm³/mol. The van der Waals surface area contributed by atoms with Crippen LogP contribution in [-0.2, 0) is 19.1 Å². The first-order valence-corrected chi connectivity index (χ1v) is 14.7. The van der Waals surface area contributed by atoms with E-state index in [0.717, 1.165) is 25.7 Å². The second kappa shape index (κ2) is 11.5. The number of nitrogens with zero attached hydrogens (tertiary/aromatic N) is 1. The number of ether oxygens (including phenoxy) is 2. The molecule has 6 atom stereocenters. The van der Waals surface area contributed by atoms with E-state index >= 15 is 0 Å². The molecule has 214 valence electrons. The molecule has 3 heterocycles. The van der Waals surface area contributed by atoms with Crippen molar-refractivity contribution in [2.75, 3.05) is 18.5 Å². The number of nitrogens with one attached hydrogen (secondary N) is 2. The molecule has 0 radical (unpaired) electrons. The molecule has 4 aliphatic rings. The highest BCUT2D eigenvalue weighted by atomic mass is 16.5. The van der Waals surface area contributed by atoms with Crippen molar-refractivity contribution in [3.8, 4) is 5.75 Å². The van der Waals surface area contributed by atoms with Crippen molar-refractivity contribution in [3.63, 3.8) is 0 Å². The Morgan fingerprint density at radius 1 is 1.13 bits per heavy atom. The zero-order valence-electron chi connectivity index (χ0n) is 23.4. The largest absolute Gasteiger partial charge is 0.494 e. The van der Waals surface area contributed by atoms with Crippen LogP contribution in [0.15, 0.2) is 24.3 Å². The van der Waals surface area contributed by atoms with Crippen molar-refractivity contribution in [2.45, 2.75) is 102 Å². The third-order valence-corrected chi connectivity index (χ3v) is 9.02. The van der Waals surface area contributed by atoms with Gasteiger partial charge >= 0.3 is 0 Å². The van der Waals surface area contributed by atoms with Crippen molar-refractivity contribution in [1.82, 2.24) is 10.2 Å². The smallest absolute Gasteiger partial charge is 0.246 e. The van der Waals surface area contributed by atoms with Gasteiger partial charge < -0.3 is 30.1 Å². The Morgan fingerprint density at radius 2 is 1.85 bits per heavy atom. The van der Waals surface area contributed by atoms with Crippen LogP contribution >= 0.6 is 0 Å². The summed E-state index contributed by atoms with van der Waals surface area (Å²) in [5, 5.41) is 16.6. The van der Waals surface area contributed by atoms with E-state index < -0.39 is 35.6 Å². The maximum Gasteiger partial charge on any atom is 0.246 e. The normalized spacial score (nSPS) is 30.9. The quantitative estimate of drug-likeness (QED) is 0.419. The number of aliphatic hydroxyl groups excluding tert-OH is 1. The molecule has 1 spiro atoms. The topological polar surface area (TPSA) is 117 Å². The van der Waals surface area contributed by atoms with Crippen LogP contribution in [0.1, 0.15) is 72.1 Å². The number of anilines is 1. The lowest BCUT2D eigenvalue weighted by Crippen LogP contribution is -2.59.